The quantitative estimate of drug-likeness (QED) is 0.786. The number of ether oxygens (including phenoxy) is 1. The van der Waals surface area contributed by atoms with Crippen LogP contribution < -0.4 is 10.1 Å². The van der Waals surface area contributed by atoms with E-state index in [4.69, 9.17) is 4.74 Å². The summed E-state index contributed by atoms with van der Waals surface area (Å²) in [7, 11) is 0. The average Bonchev–Trinajstić information content (AvgIpc) is 2.41. The standard InChI is InChI=1S/C18H22BrNO/c1-12(2)20-11-15-9-13(3)5-7-17(15)21-18-8-6-14(4)10-16(18)19/h5-10,12,20H,11H2,1-4H3. The fraction of sp³-hybridized carbons (Fsp3) is 0.333. The van der Waals surface area contributed by atoms with Gasteiger partial charge in [0, 0.05) is 18.2 Å². The van der Waals surface area contributed by atoms with Crippen molar-refractivity contribution in [2.24, 2.45) is 0 Å². The molecule has 0 heterocycles. The number of rotatable bonds is 5. The van der Waals surface area contributed by atoms with Crippen LogP contribution in [0.1, 0.15) is 30.5 Å². The molecule has 0 saturated heterocycles. The summed E-state index contributed by atoms with van der Waals surface area (Å²) >= 11 is 3.57. The van der Waals surface area contributed by atoms with Crippen LogP contribution in [-0.2, 0) is 6.54 Å². The van der Waals surface area contributed by atoms with Gasteiger partial charge in [0.2, 0.25) is 0 Å². The van der Waals surface area contributed by atoms with Crippen LogP contribution in [0.4, 0.5) is 0 Å². The highest BCUT2D eigenvalue weighted by molar-refractivity contribution is 9.10. The molecular formula is C18H22BrNO. The minimum atomic E-state index is 0.449. The Kier molecular flexibility index (Phi) is 5.43. The van der Waals surface area contributed by atoms with Crippen LogP contribution in [0.3, 0.4) is 0 Å². The molecule has 2 aromatic rings. The second-order valence-electron chi connectivity index (χ2n) is 5.68. The zero-order chi connectivity index (χ0) is 15.4. The molecule has 0 radical (unpaired) electrons. The van der Waals surface area contributed by atoms with Gasteiger partial charge < -0.3 is 10.1 Å². The molecule has 2 aromatic carbocycles. The Morgan fingerprint density at radius 1 is 1.00 bits per heavy atom. The third-order valence-electron chi connectivity index (χ3n) is 3.22. The van der Waals surface area contributed by atoms with Gasteiger partial charge in [0.1, 0.15) is 11.5 Å². The van der Waals surface area contributed by atoms with E-state index in [1.165, 1.54) is 16.7 Å². The van der Waals surface area contributed by atoms with E-state index in [1.807, 2.05) is 12.1 Å². The summed E-state index contributed by atoms with van der Waals surface area (Å²) in [5, 5.41) is 3.45. The molecule has 1 N–H and O–H groups in total. The van der Waals surface area contributed by atoms with Crippen LogP contribution >= 0.6 is 15.9 Å². The van der Waals surface area contributed by atoms with Crippen molar-refractivity contribution in [2.45, 2.75) is 40.3 Å². The second kappa shape index (κ2) is 7.10. The highest BCUT2D eigenvalue weighted by Crippen LogP contribution is 2.32. The van der Waals surface area contributed by atoms with E-state index < -0.39 is 0 Å². The van der Waals surface area contributed by atoms with Crippen molar-refractivity contribution >= 4 is 15.9 Å². The first-order valence-electron chi connectivity index (χ1n) is 7.22. The van der Waals surface area contributed by atoms with Gasteiger partial charge >= 0.3 is 0 Å². The predicted molar refractivity (Wildman–Crippen MR) is 92.1 cm³/mol. The lowest BCUT2D eigenvalue weighted by Crippen LogP contribution is -2.22. The average molecular weight is 348 g/mol. The van der Waals surface area contributed by atoms with Crippen LogP contribution in [0, 0.1) is 13.8 Å². The van der Waals surface area contributed by atoms with Crippen molar-refractivity contribution in [3.8, 4) is 11.5 Å². The lowest BCUT2D eigenvalue weighted by molar-refractivity contribution is 0.466. The highest BCUT2D eigenvalue weighted by Gasteiger charge is 2.08. The topological polar surface area (TPSA) is 21.3 Å². The fourth-order valence-corrected chi connectivity index (χ4v) is 2.64. The largest absolute Gasteiger partial charge is 0.456 e. The lowest BCUT2D eigenvalue weighted by Gasteiger charge is -2.15. The maximum absolute atomic E-state index is 6.10. The summed E-state index contributed by atoms with van der Waals surface area (Å²) in [6.45, 7) is 9.26. The first-order chi connectivity index (χ1) is 9.95. The molecule has 0 spiro atoms. The van der Waals surface area contributed by atoms with E-state index in [-0.39, 0.29) is 0 Å². The molecule has 0 fully saturated rings. The maximum Gasteiger partial charge on any atom is 0.141 e. The Morgan fingerprint density at radius 2 is 1.62 bits per heavy atom. The van der Waals surface area contributed by atoms with Crippen molar-refractivity contribution in [1.82, 2.24) is 5.32 Å². The summed E-state index contributed by atoms with van der Waals surface area (Å²) in [4.78, 5) is 0. The molecule has 0 amide bonds. The van der Waals surface area contributed by atoms with E-state index in [9.17, 15) is 0 Å². The van der Waals surface area contributed by atoms with Crippen LogP contribution in [0.25, 0.3) is 0 Å². The van der Waals surface area contributed by atoms with E-state index in [2.05, 4.69) is 73.2 Å². The molecule has 0 saturated carbocycles. The molecule has 0 atom stereocenters. The van der Waals surface area contributed by atoms with Crippen LogP contribution in [0.2, 0.25) is 0 Å². The summed E-state index contributed by atoms with van der Waals surface area (Å²) < 4.78 is 7.07. The van der Waals surface area contributed by atoms with E-state index in [0.717, 1.165) is 22.5 Å². The van der Waals surface area contributed by atoms with Gasteiger partial charge in [-0.15, -0.1) is 0 Å². The summed E-state index contributed by atoms with van der Waals surface area (Å²) in [6.07, 6.45) is 0. The van der Waals surface area contributed by atoms with Gasteiger partial charge in [-0.25, -0.2) is 0 Å². The molecule has 0 unspecified atom stereocenters. The molecule has 2 nitrogen and oxygen atoms in total. The Balaban J connectivity index is 2.26. The Morgan fingerprint density at radius 3 is 2.24 bits per heavy atom. The van der Waals surface area contributed by atoms with Crippen LogP contribution in [0.5, 0.6) is 11.5 Å². The monoisotopic (exact) mass is 347 g/mol. The molecule has 21 heavy (non-hydrogen) atoms. The first-order valence-corrected chi connectivity index (χ1v) is 8.02. The molecule has 0 aliphatic rings. The van der Waals surface area contributed by atoms with E-state index in [1.54, 1.807) is 0 Å². The van der Waals surface area contributed by atoms with Crippen LogP contribution in [-0.4, -0.2) is 6.04 Å². The third-order valence-corrected chi connectivity index (χ3v) is 3.84. The maximum atomic E-state index is 6.10. The molecule has 0 aromatic heterocycles. The minimum Gasteiger partial charge on any atom is -0.456 e. The molecule has 0 aliphatic heterocycles. The van der Waals surface area contributed by atoms with Gasteiger partial charge in [0.15, 0.2) is 0 Å². The van der Waals surface area contributed by atoms with Crippen molar-refractivity contribution in [3.63, 3.8) is 0 Å². The van der Waals surface area contributed by atoms with Crippen molar-refractivity contribution in [1.29, 1.82) is 0 Å². The molecule has 3 heteroatoms. The fourth-order valence-electron chi connectivity index (χ4n) is 2.07. The Labute approximate surface area is 135 Å². The van der Waals surface area contributed by atoms with Crippen molar-refractivity contribution in [2.75, 3.05) is 0 Å². The molecule has 0 aliphatic carbocycles. The van der Waals surface area contributed by atoms with Crippen molar-refractivity contribution in [3.05, 3.63) is 57.6 Å². The number of benzene rings is 2. The Hall–Kier alpha value is -1.32. The Bertz CT molecular complexity index is 623. The summed E-state index contributed by atoms with van der Waals surface area (Å²) in [5.41, 5.74) is 3.63. The minimum absolute atomic E-state index is 0.449. The molecular weight excluding hydrogens is 326 g/mol. The van der Waals surface area contributed by atoms with Gasteiger partial charge in [-0.05, 0) is 53.5 Å². The molecule has 112 valence electrons. The van der Waals surface area contributed by atoms with Gasteiger partial charge in [0.05, 0.1) is 4.47 Å². The van der Waals surface area contributed by atoms with Gasteiger partial charge in [-0.2, -0.15) is 0 Å². The number of aryl methyl sites for hydroxylation is 2. The second-order valence-corrected chi connectivity index (χ2v) is 6.54. The van der Waals surface area contributed by atoms with E-state index >= 15 is 0 Å². The number of nitrogens with one attached hydrogen (secondary N) is 1. The van der Waals surface area contributed by atoms with Gasteiger partial charge in [0.25, 0.3) is 0 Å². The van der Waals surface area contributed by atoms with Gasteiger partial charge in [-0.1, -0.05) is 37.6 Å². The van der Waals surface area contributed by atoms with E-state index in [0.29, 0.717) is 6.04 Å². The highest BCUT2D eigenvalue weighted by atomic mass is 79.9. The molecule has 2 rings (SSSR count). The molecule has 0 bridgehead atoms. The van der Waals surface area contributed by atoms with Crippen molar-refractivity contribution < 1.29 is 4.74 Å². The zero-order valence-corrected chi connectivity index (χ0v) is 14.6. The third kappa shape index (κ3) is 4.58. The SMILES string of the molecule is Cc1ccc(Oc2ccc(C)cc2CNC(C)C)c(Br)c1. The van der Waals surface area contributed by atoms with Crippen LogP contribution in [0.15, 0.2) is 40.9 Å². The smallest absolute Gasteiger partial charge is 0.141 e. The number of halogens is 1. The lowest BCUT2D eigenvalue weighted by atomic mass is 10.1. The zero-order valence-electron chi connectivity index (χ0n) is 13.0. The normalized spacial score (nSPS) is 11.0. The number of hydrogen-bond donors (Lipinski definition) is 1. The predicted octanol–water partition coefficient (Wildman–Crippen LogP) is 5.36. The summed E-state index contributed by atoms with van der Waals surface area (Å²) in [5.74, 6) is 1.74. The first kappa shape index (κ1) is 16.1. The van der Waals surface area contributed by atoms with Gasteiger partial charge in [-0.3, -0.25) is 0 Å². The summed E-state index contributed by atoms with van der Waals surface area (Å²) in [6, 6.07) is 12.9. The number of hydrogen-bond acceptors (Lipinski definition) is 2.